The number of hydrogen-bond donors (Lipinski definition) is 1. The van der Waals surface area contributed by atoms with Crippen LogP contribution in [0.2, 0.25) is 0 Å². The number of piperidine rings is 1. The van der Waals surface area contributed by atoms with Gasteiger partial charge in [-0.15, -0.1) is 0 Å². The Morgan fingerprint density at radius 1 is 1.05 bits per heavy atom. The predicted octanol–water partition coefficient (Wildman–Crippen LogP) is 4.20. The van der Waals surface area contributed by atoms with Crippen LogP contribution in [-0.2, 0) is 0 Å². The third-order valence-electron chi connectivity index (χ3n) is 6.73. The van der Waals surface area contributed by atoms with Crippen LogP contribution in [0.5, 0.6) is 0 Å². The normalized spacial score (nSPS) is 37.1. The lowest BCUT2D eigenvalue weighted by molar-refractivity contribution is 0.0366. The molecule has 0 aromatic carbocycles. The van der Waals surface area contributed by atoms with Crippen LogP contribution in [0.1, 0.15) is 78.1 Å². The first-order chi connectivity index (χ1) is 10.2. The summed E-state index contributed by atoms with van der Waals surface area (Å²) in [6.45, 7) is 8.71. The van der Waals surface area contributed by atoms with Crippen LogP contribution in [0.15, 0.2) is 0 Å². The smallest absolute Gasteiger partial charge is 0.0251 e. The minimum Gasteiger partial charge on any atom is -0.312 e. The van der Waals surface area contributed by atoms with Gasteiger partial charge in [-0.05, 0) is 82.3 Å². The molecule has 3 unspecified atom stereocenters. The Balaban J connectivity index is 1.58. The van der Waals surface area contributed by atoms with Crippen molar-refractivity contribution < 1.29 is 0 Å². The lowest BCUT2D eigenvalue weighted by Gasteiger charge is -2.47. The number of hydrogen-bond acceptors (Lipinski definition) is 2. The molecule has 1 heterocycles. The molecule has 2 nitrogen and oxygen atoms in total. The first-order valence-corrected chi connectivity index (χ1v) is 9.70. The highest BCUT2D eigenvalue weighted by molar-refractivity contribution is 4.96. The SMILES string of the molecule is CCCNC1CCC(C)CC1N1CCC2(CCCC2)CC1. The monoisotopic (exact) mass is 292 g/mol. The van der Waals surface area contributed by atoms with Gasteiger partial charge in [0.2, 0.25) is 0 Å². The molecule has 0 aromatic rings. The molecule has 1 aliphatic heterocycles. The maximum Gasteiger partial charge on any atom is 0.0251 e. The molecule has 3 rings (SSSR count). The van der Waals surface area contributed by atoms with Crippen LogP contribution in [0.3, 0.4) is 0 Å². The molecule has 2 saturated carbocycles. The second kappa shape index (κ2) is 7.00. The fraction of sp³-hybridized carbons (Fsp3) is 1.00. The highest BCUT2D eigenvalue weighted by atomic mass is 15.2. The molecule has 2 heteroatoms. The number of likely N-dealkylation sites (tertiary alicyclic amines) is 1. The predicted molar refractivity (Wildman–Crippen MR) is 90.6 cm³/mol. The summed E-state index contributed by atoms with van der Waals surface area (Å²) in [5, 5.41) is 3.86. The number of nitrogens with one attached hydrogen (secondary N) is 1. The molecule has 1 N–H and O–H groups in total. The highest BCUT2D eigenvalue weighted by Crippen LogP contribution is 2.47. The van der Waals surface area contributed by atoms with E-state index in [1.165, 1.54) is 83.8 Å². The molecule has 1 spiro atoms. The van der Waals surface area contributed by atoms with Gasteiger partial charge in [0.05, 0.1) is 0 Å². The third kappa shape index (κ3) is 3.64. The van der Waals surface area contributed by atoms with Crippen molar-refractivity contribution in [3.63, 3.8) is 0 Å². The van der Waals surface area contributed by atoms with Crippen molar-refractivity contribution in [3.8, 4) is 0 Å². The first kappa shape index (κ1) is 15.8. The lowest BCUT2D eigenvalue weighted by atomic mass is 9.75. The van der Waals surface area contributed by atoms with Gasteiger partial charge in [-0.1, -0.05) is 26.7 Å². The molecule has 3 aliphatic rings. The topological polar surface area (TPSA) is 15.3 Å². The Morgan fingerprint density at radius 3 is 2.43 bits per heavy atom. The van der Waals surface area contributed by atoms with Gasteiger partial charge in [-0.2, -0.15) is 0 Å². The molecule has 0 bridgehead atoms. The van der Waals surface area contributed by atoms with E-state index in [9.17, 15) is 0 Å². The Labute approximate surface area is 132 Å². The van der Waals surface area contributed by atoms with Gasteiger partial charge in [0.25, 0.3) is 0 Å². The maximum atomic E-state index is 3.86. The van der Waals surface area contributed by atoms with Crippen molar-refractivity contribution in [3.05, 3.63) is 0 Å². The molecule has 122 valence electrons. The highest BCUT2D eigenvalue weighted by Gasteiger charge is 2.40. The van der Waals surface area contributed by atoms with E-state index in [0.29, 0.717) is 0 Å². The quantitative estimate of drug-likeness (QED) is 0.835. The standard InChI is InChI=1S/C19H36N2/c1-3-12-20-17-7-6-16(2)15-18(17)21-13-10-19(11-14-21)8-4-5-9-19/h16-18,20H,3-15H2,1-2H3. The maximum absolute atomic E-state index is 3.86. The van der Waals surface area contributed by atoms with Crippen LogP contribution in [0.25, 0.3) is 0 Å². The van der Waals surface area contributed by atoms with Gasteiger partial charge in [0.1, 0.15) is 0 Å². The molecule has 2 aliphatic carbocycles. The molecule has 0 aromatic heterocycles. The van der Waals surface area contributed by atoms with Crippen LogP contribution in [0.4, 0.5) is 0 Å². The van der Waals surface area contributed by atoms with E-state index in [2.05, 4.69) is 24.1 Å². The summed E-state index contributed by atoms with van der Waals surface area (Å²) in [5.41, 5.74) is 0.767. The van der Waals surface area contributed by atoms with Gasteiger partial charge in [0, 0.05) is 12.1 Å². The lowest BCUT2D eigenvalue weighted by Crippen LogP contribution is -2.56. The average Bonchev–Trinajstić information content (AvgIpc) is 2.95. The molecule has 3 fully saturated rings. The average molecular weight is 293 g/mol. The first-order valence-electron chi connectivity index (χ1n) is 9.70. The molecule has 1 saturated heterocycles. The van der Waals surface area contributed by atoms with E-state index in [1.54, 1.807) is 0 Å². The second-order valence-electron chi connectivity index (χ2n) is 8.29. The van der Waals surface area contributed by atoms with Gasteiger partial charge in [-0.25, -0.2) is 0 Å². The van der Waals surface area contributed by atoms with Crippen LogP contribution in [-0.4, -0.2) is 36.6 Å². The zero-order valence-electron chi connectivity index (χ0n) is 14.4. The molecule has 0 radical (unpaired) electrons. The second-order valence-corrected chi connectivity index (χ2v) is 8.29. The van der Waals surface area contributed by atoms with Gasteiger partial charge < -0.3 is 5.32 Å². The van der Waals surface area contributed by atoms with Crippen molar-refractivity contribution in [2.45, 2.75) is 90.1 Å². The van der Waals surface area contributed by atoms with E-state index in [0.717, 1.165) is 23.4 Å². The number of rotatable bonds is 4. The Kier molecular flexibility index (Phi) is 5.27. The van der Waals surface area contributed by atoms with Crippen molar-refractivity contribution >= 4 is 0 Å². The third-order valence-corrected chi connectivity index (χ3v) is 6.73. The molecular weight excluding hydrogens is 256 g/mol. The molecule has 21 heavy (non-hydrogen) atoms. The van der Waals surface area contributed by atoms with Crippen molar-refractivity contribution in [1.29, 1.82) is 0 Å². The fourth-order valence-electron chi connectivity index (χ4n) is 5.28. The van der Waals surface area contributed by atoms with E-state index < -0.39 is 0 Å². The molecular formula is C19H36N2. The zero-order valence-corrected chi connectivity index (χ0v) is 14.4. The Bertz CT molecular complexity index is 310. The molecule has 3 atom stereocenters. The van der Waals surface area contributed by atoms with Gasteiger partial charge in [0.15, 0.2) is 0 Å². The Hall–Kier alpha value is -0.0800. The Morgan fingerprint density at radius 2 is 1.76 bits per heavy atom. The summed E-state index contributed by atoms with van der Waals surface area (Å²) in [5.74, 6) is 0.928. The summed E-state index contributed by atoms with van der Waals surface area (Å²) < 4.78 is 0. The fourth-order valence-corrected chi connectivity index (χ4v) is 5.28. The van der Waals surface area contributed by atoms with E-state index in [-0.39, 0.29) is 0 Å². The summed E-state index contributed by atoms with van der Waals surface area (Å²) in [6, 6.07) is 1.58. The number of nitrogens with zero attached hydrogens (tertiary/aromatic N) is 1. The minimum absolute atomic E-state index is 0.763. The largest absolute Gasteiger partial charge is 0.312 e. The van der Waals surface area contributed by atoms with Crippen molar-refractivity contribution in [1.82, 2.24) is 10.2 Å². The van der Waals surface area contributed by atoms with Gasteiger partial charge >= 0.3 is 0 Å². The summed E-state index contributed by atoms with van der Waals surface area (Å²) >= 11 is 0. The minimum atomic E-state index is 0.763. The van der Waals surface area contributed by atoms with Crippen LogP contribution >= 0.6 is 0 Å². The van der Waals surface area contributed by atoms with Crippen LogP contribution in [0, 0.1) is 11.3 Å². The van der Waals surface area contributed by atoms with E-state index in [1.807, 2.05) is 0 Å². The van der Waals surface area contributed by atoms with Gasteiger partial charge in [-0.3, -0.25) is 4.90 Å². The van der Waals surface area contributed by atoms with Crippen molar-refractivity contribution in [2.75, 3.05) is 19.6 Å². The zero-order chi connectivity index (χ0) is 14.7. The van der Waals surface area contributed by atoms with Crippen molar-refractivity contribution in [2.24, 2.45) is 11.3 Å². The molecule has 0 amide bonds. The summed E-state index contributed by atoms with van der Waals surface area (Å²) in [7, 11) is 0. The van der Waals surface area contributed by atoms with E-state index in [4.69, 9.17) is 0 Å². The summed E-state index contributed by atoms with van der Waals surface area (Å²) in [6.07, 6.45) is 14.5. The van der Waals surface area contributed by atoms with Crippen LogP contribution < -0.4 is 5.32 Å². The summed E-state index contributed by atoms with van der Waals surface area (Å²) in [4.78, 5) is 2.87. The van der Waals surface area contributed by atoms with E-state index >= 15 is 0 Å².